The molecule has 3 nitrogen and oxygen atoms in total. The van der Waals surface area contributed by atoms with E-state index in [4.69, 9.17) is 11.6 Å². The highest BCUT2D eigenvalue weighted by atomic mass is 79.9. The van der Waals surface area contributed by atoms with Gasteiger partial charge in [0, 0.05) is 22.1 Å². The van der Waals surface area contributed by atoms with E-state index >= 15 is 0 Å². The Morgan fingerprint density at radius 2 is 1.95 bits per heavy atom. The first-order valence-electron chi connectivity index (χ1n) is 6.07. The van der Waals surface area contributed by atoms with Crippen molar-refractivity contribution in [2.75, 3.05) is 5.32 Å². The topological polar surface area (TPSA) is 37.8 Å². The standard InChI is InChI=1S/C14H15BrClN3/c1-4-12-18-13(16)9(3)14(19-12)17-11-6-8(2)5-10(15)7-11/h5-7H,4H2,1-3H3,(H,17,18,19). The zero-order valence-corrected chi connectivity index (χ0v) is 13.4. The Kier molecular flexibility index (Phi) is 4.42. The Balaban J connectivity index is 2.39. The van der Waals surface area contributed by atoms with E-state index in [9.17, 15) is 0 Å². The SMILES string of the molecule is CCc1nc(Cl)c(C)c(Nc2cc(C)cc(Br)c2)n1. The second-order valence-corrected chi connectivity index (χ2v) is 5.67. The van der Waals surface area contributed by atoms with Crippen LogP contribution in [0.3, 0.4) is 0 Å². The molecule has 0 amide bonds. The van der Waals surface area contributed by atoms with Gasteiger partial charge in [0.05, 0.1) is 0 Å². The molecule has 0 radical (unpaired) electrons. The molecule has 19 heavy (non-hydrogen) atoms. The van der Waals surface area contributed by atoms with Crippen LogP contribution < -0.4 is 5.32 Å². The minimum atomic E-state index is 0.501. The van der Waals surface area contributed by atoms with Gasteiger partial charge >= 0.3 is 0 Å². The Morgan fingerprint density at radius 3 is 2.58 bits per heavy atom. The number of halogens is 2. The summed E-state index contributed by atoms with van der Waals surface area (Å²) in [6.45, 7) is 5.97. The lowest BCUT2D eigenvalue weighted by Crippen LogP contribution is -2.03. The van der Waals surface area contributed by atoms with Crippen molar-refractivity contribution >= 4 is 39.0 Å². The first-order chi connectivity index (χ1) is 8.99. The van der Waals surface area contributed by atoms with E-state index < -0.39 is 0 Å². The summed E-state index contributed by atoms with van der Waals surface area (Å²) in [5.74, 6) is 1.50. The predicted molar refractivity (Wildman–Crippen MR) is 83.3 cm³/mol. The first-order valence-corrected chi connectivity index (χ1v) is 7.24. The molecule has 0 bridgehead atoms. The normalized spacial score (nSPS) is 10.6. The van der Waals surface area contributed by atoms with Crippen LogP contribution in [0.25, 0.3) is 0 Å². The molecular formula is C14H15BrClN3. The highest BCUT2D eigenvalue weighted by Crippen LogP contribution is 2.26. The van der Waals surface area contributed by atoms with Gasteiger partial charge in [-0.25, -0.2) is 9.97 Å². The van der Waals surface area contributed by atoms with Crippen molar-refractivity contribution < 1.29 is 0 Å². The van der Waals surface area contributed by atoms with Gasteiger partial charge in [-0.3, -0.25) is 0 Å². The number of aromatic nitrogens is 2. The average molecular weight is 341 g/mol. The van der Waals surface area contributed by atoms with Gasteiger partial charge in [0.1, 0.15) is 16.8 Å². The van der Waals surface area contributed by atoms with Crippen molar-refractivity contribution in [3.8, 4) is 0 Å². The van der Waals surface area contributed by atoms with E-state index in [1.54, 1.807) is 0 Å². The van der Waals surface area contributed by atoms with Crippen molar-refractivity contribution in [3.05, 3.63) is 44.8 Å². The van der Waals surface area contributed by atoms with Crippen LogP contribution in [-0.4, -0.2) is 9.97 Å². The van der Waals surface area contributed by atoms with Crippen LogP contribution in [0.2, 0.25) is 5.15 Å². The Morgan fingerprint density at radius 1 is 1.21 bits per heavy atom. The van der Waals surface area contributed by atoms with Crippen molar-refractivity contribution in [2.24, 2.45) is 0 Å². The number of anilines is 2. The molecule has 1 aromatic carbocycles. The zero-order chi connectivity index (χ0) is 14.0. The monoisotopic (exact) mass is 339 g/mol. The molecule has 0 aliphatic rings. The summed E-state index contributed by atoms with van der Waals surface area (Å²) < 4.78 is 1.03. The molecule has 100 valence electrons. The summed E-state index contributed by atoms with van der Waals surface area (Å²) in [5.41, 5.74) is 3.01. The van der Waals surface area contributed by atoms with Gasteiger partial charge in [-0.15, -0.1) is 0 Å². The lowest BCUT2D eigenvalue weighted by atomic mass is 10.2. The van der Waals surface area contributed by atoms with Gasteiger partial charge in [0.2, 0.25) is 0 Å². The van der Waals surface area contributed by atoms with Gasteiger partial charge in [-0.1, -0.05) is 34.5 Å². The van der Waals surface area contributed by atoms with Gasteiger partial charge in [-0.05, 0) is 37.6 Å². The predicted octanol–water partition coefficient (Wildman–Crippen LogP) is 4.82. The molecule has 0 unspecified atom stereocenters. The Hall–Kier alpha value is -1.13. The molecule has 0 saturated carbocycles. The van der Waals surface area contributed by atoms with E-state index in [1.165, 1.54) is 5.56 Å². The average Bonchev–Trinajstić information content (AvgIpc) is 2.33. The first kappa shape index (κ1) is 14.3. The molecule has 2 rings (SSSR count). The summed E-state index contributed by atoms with van der Waals surface area (Å²) in [5, 5.41) is 3.80. The minimum Gasteiger partial charge on any atom is -0.340 e. The Labute approximate surface area is 126 Å². The summed E-state index contributed by atoms with van der Waals surface area (Å²) in [6.07, 6.45) is 0.756. The molecule has 0 saturated heterocycles. The summed E-state index contributed by atoms with van der Waals surface area (Å²) in [4.78, 5) is 8.72. The minimum absolute atomic E-state index is 0.501. The molecule has 1 N–H and O–H groups in total. The molecule has 0 spiro atoms. The lowest BCUT2D eigenvalue weighted by Gasteiger charge is -2.12. The summed E-state index contributed by atoms with van der Waals surface area (Å²) in [7, 11) is 0. The molecule has 0 aliphatic heterocycles. The van der Waals surface area contributed by atoms with Crippen LogP contribution in [0.1, 0.15) is 23.9 Å². The van der Waals surface area contributed by atoms with E-state index in [2.05, 4.69) is 43.3 Å². The number of rotatable bonds is 3. The van der Waals surface area contributed by atoms with Crippen LogP contribution in [0.5, 0.6) is 0 Å². The molecule has 0 atom stereocenters. The van der Waals surface area contributed by atoms with Crippen molar-refractivity contribution in [2.45, 2.75) is 27.2 Å². The lowest BCUT2D eigenvalue weighted by molar-refractivity contribution is 0.934. The highest BCUT2D eigenvalue weighted by Gasteiger charge is 2.09. The number of hydrogen-bond acceptors (Lipinski definition) is 3. The van der Waals surface area contributed by atoms with Crippen molar-refractivity contribution in [3.63, 3.8) is 0 Å². The fraction of sp³-hybridized carbons (Fsp3) is 0.286. The maximum absolute atomic E-state index is 6.13. The van der Waals surface area contributed by atoms with Crippen LogP contribution in [0.15, 0.2) is 22.7 Å². The fourth-order valence-electron chi connectivity index (χ4n) is 1.76. The third-order valence-electron chi connectivity index (χ3n) is 2.75. The number of benzene rings is 1. The second-order valence-electron chi connectivity index (χ2n) is 4.40. The van der Waals surface area contributed by atoms with Crippen molar-refractivity contribution in [1.29, 1.82) is 0 Å². The maximum Gasteiger partial charge on any atom is 0.138 e. The van der Waals surface area contributed by atoms with E-state index in [1.807, 2.05) is 26.8 Å². The quantitative estimate of drug-likeness (QED) is 0.814. The molecule has 2 aromatic rings. The second kappa shape index (κ2) is 5.88. The number of nitrogens with one attached hydrogen (secondary N) is 1. The zero-order valence-electron chi connectivity index (χ0n) is 11.1. The maximum atomic E-state index is 6.13. The smallest absolute Gasteiger partial charge is 0.138 e. The molecular weight excluding hydrogens is 326 g/mol. The molecule has 0 fully saturated rings. The molecule has 1 heterocycles. The Bertz CT molecular complexity index is 594. The van der Waals surface area contributed by atoms with Crippen LogP contribution in [0, 0.1) is 13.8 Å². The summed E-state index contributed by atoms with van der Waals surface area (Å²) in [6, 6.07) is 6.13. The van der Waals surface area contributed by atoms with Crippen LogP contribution in [0.4, 0.5) is 11.5 Å². The van der Waals surface area contributed by atoms with Crippen LogP contribution >= 0.6 is 27.5 Å². The van der Waals surface area contributed by atoms with Gasteiger partial charge in [0.15, 0.2) is 0 Å². The van der Waals surface area contributed by atoms with Crippen LogP contribution in [-0.2, 0) is 6.42 Å². The number of nitrogens with zero attached hydrogens (tertiary/aromatic N) is 2. The highest BCUT2D eigenvalue weighted by molar-refractivity contribution is 9.10. The third-order valence-corrected chi connectivity index (χ3v) is 3.58. The van der Waals surface area contributed by atoms with Crippen molar-refractivity contribution in [1.82, 2.24) is 9.97 Å². The third kappa shape index (κ3) is 3.45. The van der Waals surface area contributed by atoms with E-state index in [0.717, 1.165) is 33.8 Å². The largest absolute Gasteiger partial charge is 0.340 e. The van der Waals surface area contributed by atoms with Gasteiger partial charge < -0.3 is 5.32 Å². The molecule has 1 aromatic heterocycles. The van der Waals surface area contributed by atoms with E-state index in [-0.39, 0.29) is 0 Å². The van der Waals surface area contributed by atoms with E-state index in [0.29, 0.717) is 5.15 Å². The molecule has 0 aliphatic carbocycles. The van der Waals surface area contributed by atoms with Gasteiger partial charge in [-0.2, -0.15) is 0 Å². The number of hydrogen-bond donors (Lipinski definition) is 1. The molecule has 5 heteroatoms. The fourth-order valence-corrected chi connectivity index (χ4v) is 2.55. The number of aryl methyl sites for hydroxylation is 2. The summed E-state index contributed by atoms with van der Waals surface area (Å²) >= 11 is 9.61. The van der Waals surface area contributed by atoms with Gasteiger partial charge in [0.25, 0.3) is 0 Å².